The highest BCUT2D eigenvalue weighted by molar-refractivity contribution is 8.03. The van der Waals surface area contributed by atoms with E-state index < -0.39 is 0 Å². The lowest BCUT2D eigenvalue weighted by Crippen LogP contribution is -1.75. The normalized spacial score (nSPS) is 9.08. The van der Waals surface area contributed by atoms with E-state index in [4.69, 9.17) is 0 Å². The number of allylic oxidation sites excluding steroid dienone is 1. The van der Waals surface area contributed by atoms with Gasteiger partial charge in [0.1, 0.15) is 5.94 Å². The summed E-state index contributed by atoms with van der Waals surface area (Å²) >= 11 is 1.48. The zero-order valence-corrected chi connectivity index (χ0v) is 7.73. The van der Waals surface area contributed by atoms with E-state index in [9.17, 15) is 4.79 Å². The first-order valence-electron chi connectivity index (χ1n) is 3.83. The number of benzene rings is 1. The Morgan fingerprint density at radius 2 is 2.08 bits per heavy atom. The summed E-state index contributed by atoms with van der Waals surface area (Å²) in [5.74, 6) is 1.93. The Kier molecular flexibility index (Phi) is 3.65. The molecule has 0 amide bonds. The number of carbonyl (C=O) groups excluding carboxylic acids is 1. The lowest BCUT2D eigenvalue weighted by Gasteiger charge is -1.98. The minimum Gasteiger partial charge on any atom is -0.233 e. The van der Waals surface area contributed by atoms with Crippen LogP contribution in [0.15, 0.2) is 40.1 Å². The number of rotatable bonds is 3. The average Bonchev–Trinajstić information content (AvgIpc) is 2.16. The molecule has 62 valence electrons. The van der Waals surface area contributed by atoms with Gasteiger partial charge in [-0.1, -0.05) is 36.9 Å². The monoisotopic (exact) mass is 178 g/mol. The van der Waals surface area contributed by atoms with Gasteiger partial charge in [0, 0.05) is 4.90 Å². The Balaban J connectivity index is 2.70. The van der Waals surface area contributed by atoms with Gasteiger partial charge < -0.3 is 0 Å². The van der Waals surface area contributed by atoms with E-state index in [0.29, 0.717) is 0 Å². The maximum atomic E-state index is 10.4. The molecule has 0 atom stereocenters. The Morgan fingerprint density at radius 3 is 2.58 bits per heavy atom. The van der Waals surface area contributed by atoms with Crippen LogP contribution in [0.5, 0.6) is 0 Å². The summed E-state index contributed by atoms with van der Waals surface area (Å²) in [5.41, 5.74) is 0. The Labute approximate surface area is 76.5 Å². The van der Waals surface area contributed by atoms with Crippen LogP contribution in [0.1, 0.15) is 13.3 Å². The topological polar surface area (TPSA) is 17.1 Å². The Morgan fingerprint density at radius 1 is 1.42 bits per heavy atom. The third-order valence-corrected chi connectivity index (χ3v) is 2.55. The van der Waals surface area contributed by atoms with Crippen molar-refractivity contribution in [2.24, 2.45) is 0 Å². The molecule has 0 fully saturated rings. The highest BCUT2D eigenvalue weighted by Gasteiger charge is 1.97. The minimum atomic E-state index is 0.751. The molecule has 0 aliphatic rings. The van der Waals surface area contributed by atoms with Crippen molar-refractivity contribution in [2.75, 3.05) is 0 Å². The molecular weight excluding hydrogens is 168 g/mol. The fraction of sp³-hybridized carbons (Fsp3) is 0.200. The van der Waals surface area contributed by atoms with Crippen molar-refractivity contribution >= 4 is 17.7 Å². The van der Waals surface area contributed by atoms with Crippen LogP contribution < -0.4 is 0 Å². The van der Waals surface area contributed by atoms with Crippen LogP contribution in [-0.4, -0.2) is 5.94 Å². The van der Waals surface area contributed by atoms with Gasteiger partial charge >= 0.3 is 0 Å². The third-order valence-electron chi connectivity index (χ3n) is 1.42. The van der Waals surface area contributed by atoms with Gasteiger partial charge in [-0.3, -0.25) is 0 Å². The standard InChI is InChI=1S/C10H10OS/c1-2-9(8-11)12-10-6-4-3-5-7-10/h3-7H,2H2,1H3. The van der Waals surface area contributed by atoms with Crippen molar-refractivity contribution in [1.29, 1.82) is 0 Å². The molecule has 2 heteroatoms. The van der Waals surface area contributed by atoms with Crippen LogP contribution in [0, 0.1) is 0 Å². The summed E-state index contributed by atoms with van der Waals surface area (Å²) in [4.78, 5) is 12.2. The largest absolute Gasteiger partial charge is 0.233 e. The molecule has 0 saturated heterocycles. The van der Waals surface area contributed by atoms with E-state index in [1.54, 1.807) is 0 Å². The van der Waals surface area contributed by atoms with Gasteiger partial charge in [-0.05, 0) is 18.6 Å². The highest BCUT2D eigenvalue weighted by atomic mass is 32.2. The number of thioether (sulfide) groups is 1. The van der Waals surface area contributed by atoms with Crippen molar-refractivity contribution < 1.29 is 4.79 Å². The maximum Gasteiger partial charge on any atom is 0.135 e. The molecule has 0 aliphatic heterocycles. The van der Waals surface area contributed by atoms with Gasteiger partial charge in [0.15, 0.2) is 0 Å². The first-order chi connectivity index (χ1) is 5.86. The molecule has 12 heavy (non-hydrogen) atoms. The summed E-state index contributed by atoms with van der Waals surface area (Å²) in [7, 11) is 0. The summed E-state index contributed by atoms with van der Waals surface area (Å²) in [6, 6.07) is 9.84. The summed E-state index contributed by atoms with van der Waals surface area (Å²) in [6.45, 7) is 1.95. The summed E-state index contributed by atoms with van der Waals surface area (Å²) in [5, 5.41) is 0. The molecule has 0 saturated carbocycles. The molecule has 0 aromatic heterocycles. The fourth-order valence-corrected chi connectivity index (χ4v) is 1.56. The van der Waals surface area contributed by atoms with E-state index in [1.807, 2.05) is 43.2 Å². The Bertz CT molecular complexity index is 286. The van der Waals surface area contributed by atoms with Gasteiger partial charge in [0.05, 0.1) is 4.91 Å². The van der Waals surface area contributed by atoms with E-state index in [1.165, 1.54) is 11.8 Å². The predicted octanol–water partition coefficient (Wildman–Crippen LogP) is 2.90. The molecule has 0 N–H and O–H groups in total. The molecule has 0 radical (unpaired) electrons. The molecule has 0 heterocycles. The predicted molar refractivity (Wildman–Crippen MR) is 51.8 cm³/mol. The van der Waals surface area contributed by atoms with Crippen molar-refractivity contribution in [1.82, 2.24) is 0 Å². The first kappa shape index (κ1) is 9.11. The molecule has 1 aromatic rings. The fourth-order valence-electron chi connectivity index (χ4n) is 0.796. The quantitative estimate of drug-likeness (QED) is 0.523. The molecule has 0 unspecified atom stereocenters. The second-order valence-electron chi connectivity index (χ2n) is 2.29. The van der Waals surface area contributed by atoms with E-state index in [2.05, 4.69) is 0 Å². The lowest BCUT2D eigenvalue weighted by atomic mass is 10.4. The van der Waals surface area contributed by atoms with Crippen molar-refractivity contribution in [2.45, 2.75) is 18.2 Å². The van der Waals surface area contributed by atoms with Crippen molar-refractivity contribution in [3.8, 4) is 0 Å². The molecule has 0 bridgehead atoms. The van der Waals surface area contributed by atoms with Gasteiger partial charge in [-0.2, -0.15) is 0 Å². The van der Waals surface area contributed by atoms with Gasteiger partial charge in [0.2, 0.25) is 0 Å². The van der Waals surface area contributed by atoms with Crippen LogP contribution >= 0.6 is 11.8 Å². The molecule has 1 nitrogen and oxygen atoms in total. The summed E-state index contributed by atoms with van der Waals surface area (Å²) in [6.07, 6.45) is 0.753. The molecule has 0 spiro atoms. The second-order valence-corrected chi connectivity index (χ2v) is 3.46. The van der Waals surface area contributed by atoms with E-state index in [0.717, 1.165) is 16.2 Å². The van der Waals surface area contributed by atoms with Crippen LogP contribution in [0.25, 0.3) is 0 Å². The van der Waals surface area contributed by atoms with Crippen LogP contribution in [0.4, 0.5) is 0 Å². The van der Waals surface area contributed by atoms with E-state index >= 15 is 0 Å². The third kappa shape index (κ3) is 2.57. The zero-order valence-electron chi connectivity index (χ0n) is 6.91. The van der Waals surface area contributed by atoms with Crippen molar-refractivity contribution in [3.05, 3.63) is 35.2 Å². The zero-order chi connectivity index (χ0) is 8.81. The average molecular weight is 178 g/mol. The molecule has 1 aromatic carbocycles. The van der Waals surface area contributed by atoms with Crippen molar-refractivity contribution in [3.63, 3.8) is 0 Å². The van der Waals surface area contributed by atoms with Crippen LogP contribution in [-0.2, 0) is 4.79 Å². The van der Waals surface area contributed by atoms with Gasteiger partial charge in [-0.25, -0.2) is 4.79 Å². The maximum absolute atomic E-state index is 10.4. The minimum absolute atomic E-state index is 0.751. The lowest BCUT2D eigenvalue weighted by molar-refractivity contribution is 0.568. The number of hydrogen-bond acceptors (Lipinski definition) is 2. The molecule has 0 aliphatic carbocycles. The van der Waals surface area contributed by atoms with Gasteiger partial charge in [-0.15, -0.1) is 0 Å². The van der Waals surface area contributed by atoms with Crippen LogP contribution in [0.3, 0.4) is 0 Å². The highest BCUT2D eigenvalue weighted by Crippen LogP contribution is 2.25. The van der Waals surface area contributed by atoms with Gasteiger partial charge in [0.25, 0.3) is 0 Å². The Hall–Kier alpha value is -0.980. The smallest absolute Gasteiger partial charge is 0.135 e. The summed E-state index contributed by atoms with van der Waals surface area (Å²) < 4.78 is 0. The molecule has 1 rings (SSSR count). The molecular formula is C10H10OS. The van der Waals surface area contributed by atoms with E-state index in [-0.39, 0.29) is 0 Å². The number of hydrogen-bond donors (Lipinski definition) is 0. The SMILES string of the molecule is CCC(=C=O)Sc1ccccc1. The second kappa shape index (κ2) is 4.81. The first-order valence-corrected chi connectivity index (χ1v) is 4.65. The van der Waals surface area contributed by atoms with Crippen LogP contribution in [0.2, 0.25) is 0 Å².